The first-order valence-corrected chi connectivity index (χ1v) is 4.91. The molecule has 1 aliphatic carbocycles. The first kappa shape index (κ1) is 9.32. The molecule has 12 heavy (non-hydrogen) atoms. The van der Waals surface area contributed by atoms with E-state index in [1.165, 1.54) is 0 Å². The van der Waals surface area contributed by atoms with Gasteiger partial charge in [0.25, 0.3) is 0 Å². The van der Waals surface area contributed by atoms with Crippen molar-refractivity contribution in [2.24, 2.45) is 0 Å². The Hall–Kier alpha value is -0.768. The Kier molecular flexibility index (Phi) is 2.57. The summed E-state index contributed by atoms with van der Waals surface area (Å²) >= 11 is 0.819. The second-order valence-corrected chi connectivity index (χ2v) is 5.33. The van der Waals surface area contributed by atoms with Crippen molar-refractivity contribution in [1.29, 1.82) is 5.26 Å². The largest absolute Gasteiger partial charge is 0.478 e. The molecule has 0 aromatic rings. The Labute approximate surface area is 79.1 Å². The zero-order chi connectivity index (χ0) is 9.19. The minimum absolute atomic E-state index is 0.209. The van der Waals surface area contributed by atoms with Gasteiger partial charge in [0, 0.05) is 9.85 Å². The van der Waals surface area contributed by atoms with Gasteiger partial charge in [0.2, 0.25) is 16.3 Å². The summed E-state index contributed by atoms with van der Waals surface area (Å²) in [6.45, 7) is 0. The number of nitriles is 1. The Balaban J connectivity index is 2.73. The molecule has 0 aromatic carbocycles. The second-order valence-electron chi connectivity index (χ2n) is 3.41. The average Bonchev–Trinajstić information content (AvgIpc) is 2.05. The molecule has 0 fully saturated rings. The van der Waals surface area contributed by atoms with E-state index in [-0.39, 0.29) is 4.28 Å². The van der Waals surface area contributed by atoms with Crippen molar-refractivity contribution in [3.8, 4) is 6.07 Å². The van der Waals surface area contributed by atoms with Crippen LogP contribution in [0, 0.1) is 11.3 Å². The van der Waals surface area contributed by atoms with Crippen molar-refractivity contribution < 1.29 is 9.90 Å². The molecule has 0 aromatic heterocycles. The molecule has 4 heteroatoms. The molecule has 0 spiro atoms. The van der Waals surface area contributed by atoms with Gasteiger partial charge in [0.1, 0.15) is 0 Å². The highest BCUT2D eigenvalue weighted by Crippen LogP contribution is 2.37. The topological polar surface area (TPSA) is 61.1 Å². The summed E-state index contributed by atoms with van der Waals surface area (Å²) < 4.78 is -0.209. The number of carboxylic acids is 1. The lowest BCUT2D eigenvalue weighted by molar-refractivity contribution is -0.132. The average molecular weight is 179 g/mol. The van der Waals surface area contributed by atoms with Gasteiger partial charge in [-0.3, -0.25) is 0 Å². The van der Waals surface area contributed by atoms with Gasteiger partial charge in [-0.25, -0.2) is 4.79 Å². The van der Waals surface area contributed by atoms with Crippen LogP contribution in [0.2, 0.25) is 4.28 Å². The molecule has 0 saturated heterocycles. The lowest BCUT2D eigenvalue weighted by Gasteiger charge is -2.24. The van der Waals surface area contributed by atoms with Crippen LogP contribution in [0.4, 0.5) is 0 Å². The molecule has 1 N–H and O–H groups in total. The number of hydrogen-bond donors (Lipinski definition) is 1. The van der Waals surface area contributed by atoms with Gasteiger partial charge in [0.05, 0.1) is 6.07 Å². The third kappa shape index (κ3) is 1.88. The second kappa shape index (κ2) is 3.31. The number of allylic oxidation sites excluding steroid dienone is 1. The van der Waals surface area contributed by atoms with Gasteiger partial charge in [0.15, 0.2) is 0 Å². The molecular formula is C8H10AlNO2. The normalized spacial score (nSPS) is 28.8. The molecule has 0 saturated carbocycles. The fourth-order valence-corrected chi connectivity index (χ4v) is 1.71. The molecule has 1 unspecified atom stereocenters. The summed E-state index contributed by atoms with van der Waals surface area (Å²) in [6.07, 6.45) is 3.58. The summed E-state index contributed by atoms with van der Waals surface area (Å²) in [5, 5.41) is 17.4. The van der Waals surface area contributed by atoms with E-state index < -0.39 is 5.97 Å². The number of carbonyl (C=O) groups is 1. The summed E-state index contributed by atoms with van der Waals surface area (Å²) in [6, 6.07) is 2.26. The molecule has 0 heterocycles. The first-order valence-electron chi connectivity index (χ1n) is 3.91. The fraction of sp³-hybridized carbons (Fsp3) is 0.500. The predicted octanol–water partition coefficient (Wildman–Crippen LogP) is 0.497. The van der Waals surface area contributed by atoms with Crippen molar-refractivity contribution in [1.82, 2.24) is 0 Å². The van der Waals surface area contributed by atoms with Crippen LogP contribution in [0.3, 0.4) is 0 Å². The number of nitrogens with zero attached hydrogens (tertiary/aromatic N) is 1. The highest BCUT2D eigenvalue weighted by molar-refractivity contribution is 6.17. The molecule has 0 amide bonds. The van der Waals surface area contributed by atoms with Crippen LogP contribution in [0.25, 0.3) is 0 Å². The third-order valence-corrected chi connectivity index (χ3v) is 3.42. The van der Waals surface area contributed by atoms with E-state index in [1.807, 2.05) is 0 Å². The summed E-state index contributed by atoms with van der Waals surface area (Å²) in [4.78, 5) is 10.5. The van der Waals surface area contributed by atoms with E-state index in [0.717, 1.165) is 16.3 Å². The molecule has 1 atom stereocenters. The van der Waals surface area contributed by atoms with Gasteiger partial charge >= 0.3 is 5.97 Å². The van der Waals surface area contributed by atoms with E-state index in [2.05, 4.69) is 6.07 Å². The molecule has 0 radical (unpaired) electrons. The smallest absolute Gasteiger partial charge is 0.331 e. The van der Waals surface area contributed by atoms with Crippen LogP contribution in [-0.2, 0) is 4.79 Å². The van der Waals surface area contributed by atoms with Crippen LogP contribution in [0.1, 0.15) is 19.3 Å². The quantitative estimate of drug-likeness (QED) is 0.596. The van der Waals surface area contributed by atoms with E-state index in [1.54, 1.807) is 6.08 Å². The Morgan fingerprint density at radius 1 is 1.83 bits per heavy atom. The van der Waals surface area contributed by atoms with Gasteiger partial charge in [-0.15, -0.1) is 0 Å². The van der Waals surface area contributed by atoms with Crippen LogP contribution in [0.15, 0.2) is 11.6 Å². The number of carboxylic acid groups (broad SMARTS) is 1. The van der Waals surface area contributed by atoms with E-state index in [9.17, 15) is 4.79 Å². The highest BCUT2D eigenvalue weighted by Gasteiger charge is 2.27. The van der Waals surface area contributed by atoms with Gasteiger partial charge < -0.3 is 5.11 Å². The Morgan fingerprint density at radius 3 is 2.83 bits per heavy atom. The maximum Gasteiger partial charge on any atom is 0.331 e. The number of hydrogen-bond acceptors (Lipinski definition) is 2. The van der Waals surface area contributed by atoms with Crippen LogP contribution < -0.4 is 0 Å². The zero-order valence-corrected chi connectivity index (χ0v) is 9.00. The molecular weight excluding hydrogens is 169 g/mol. The SMILES string of the molecule is N#C[C]1([AlH2])CC=C(C(=O)O)CC1. The van der Waals surface area contributed by atoms with Crippen molar-refractivity contribution in [2.45, 2.75) is 23.5 Å². The monoisotopic (exact) mass is 179 g/mol. The van der Waals surface area contributed by atoms with Crippen LogP contribution in [0.5, 0.6) is 0 Å². The zero-order valence-electron chi connectivity index (χ0n) is 7.00. The summed E-state index contributed by atoms with van der Waals surface area (Å²) in [5.74, 6) is -0.836. The molecule has 0 bridgehead atoms. The third-order valence-electron chi connectivity index (χ3n) is 2.29. The molecule has 1 rings (SSSR count). The van der Waals surface area contributed by atoms with E-state index in [4.69, 9.17) is 10.4 Å². The van der Waals surface area contributed by atoms with Crippen molar-refractivity contribution in [2.75, 3.05) is 0 Å². The number of aliphatic carboxylic acids is 1. The molecule has 62 valence electrons. The minimum Gasteiger partial charge on any atom is -0.478 e. The Bertz CT molecular complexity index is 279. The molecule has 3 nitrogen and oxygen atoms in total. The fourth-order valence-electron chi connectivity index (χ4n) is 1.26. The lowest BCUT2D eigenvalue weighted by atomic mass is 9.89. The maximum absolute atomic E-state index is 10.5. The van der Waals surface area contributed by atoms with Crippen molar-refractivity contribution >= 4 is 22.3 Å². The van der Waals surface area contributed by atoms with E-state index in [0.29, 0.717) is 24.8 Å². The van der Waals surface area contributed by atoms with Crippen LogP contribution in [-0.4, -0.2) is 27.4 Å². The highest BCUT2D eigenvalue weighted by atomic mass is 27.0. The lowest BCUT2D eigenvalue weighted by Crippen LogP contribution is -2.16. The standard InChI is InChI=1S/C8H8NO2.Al.2H/c9-5-6-1-3-7(4-2-6)8(10)11;;;/h3H,1-2,4H2,(H,10,11);;;. The molecule has 0 aliphatic heterocycles. The van der Waals surface area contributed by atoms with Crippen LogP contribution >= 0.6 is 0 Å². The summed E-state index contributed by atoms with van der Waals surface area (Å²) in [5.41, 5.74) is 0.469. The number of rotatable bonds is 1. The molecule has 1 aliphatic rings. The van der Waals surface area contributed by atoms with Gasteiger partial charge in [-0.1, -0.05) is 6.08 Å². The summed E-state index contributed by atoms with van der Waals surface area (Å²) in [7, 11) is 0. The maximum atomic E-state index is 10.5. The first-order chi connectivity index (χ1) is 5.57. The van der Waals surface area contributed by atoms with Crippen molar-refractivity contribution in [3.63, 3.8) is 0 Å². The van der Waals surface area contributed by atoms with Crippen molar-refractivity contribution in [3.05, 3.63) is 11.6 Å². The predicted molar refractivity (Wildman–Crippen MR) is 46.4 cm³/mol. The van der Waals surface area contributed by atoms with Gasteiger partial charge in [-0.2, -0.15) is 5.26 Å². The van der Waals surface area contributed by atoms with Gasteiger partial charge in [-0.05, 0) is 19.3 Å². The minimum atomic E-state index is -0.836. The van der Waals surface area contributed by atoms with E-state index >= 15 is 0 Å². The Morgan fingerprint density at radius 2 is 2.50 bits per heavy atom.